The summed E-state index contributed by atoms with van der Waals surface area (Å²) < 4.78 is 0. The van der Waals surface area contributed by atoms with Gasteiger partial charge in [-0.1, -0.05) is 30.3 Å². The van der Waals surface area contributed by atoms with Crippen molar-refractivity contribution in [3.63, 3.8) is 0 Å². The van der Waals surface area contributed by atoms with Gasteiger partial charge in [-0.15, -0.1) is 0 Å². The van der Waals surface area contributed by atoms with E-state index < -0.39 is 0 Å². The van der Waals surface area contributed by atoms with Crippen LogP contribution in [0.5, 0.6) is 5.75 Å². The molecule has 1 saturated heterocycles. The van der Waals surface area contributed by atoms with Gasteiger partial charge in [-0.3, -0.25) is 4.79 Å². The van der Waals surface area contributed by atoms with E-state index in [0.29, 0.717) is 45.8 Å². The van der Waals surface area contributed by atoms with Gasteiger partial charge in [-0.25, -0.2) is 9.97 Å². The number of Topliss-reactive ketones (excluding diaryl/α,β-unsaturated/α-hetero) is 1. The number of halogens is 1. The van der Waals surface area contributed by atoms with Crippen LogP contribution in [0.3, 0.4) is 0 Å². The molecular weight excluding hydrogens is 438 g/mol. The number of carbonyl (C=O) groups excluding carboxylic acids is 1. The molecule has 0 amide bonds. The third kappa shape index (κ3) is 3.95. The van der Waals surface area contributed by atoms with E-state index in [1.165, 1.54) is 6.20 Å². The summed E-state index contributed by atoms with van der Waals surface area (Å²) in [6.45, 7) is 3.01. The van der Waals surface area contributed by atoms with Crippen molar-refractivity contribution in [2.24, 2.45) is 17.1 Å². The number of anilines is 2. The lowest BCUT2D eigenvalue weighted by molar-refractivity contribution is -0.120. The van der Waals surface area contributed by atoms with E-state index in [0.717, 1.165) is 24.6 Å². The monoisotopic (exact) mass is 463 g/mol. The molecule has 2 fully saturated rings. The zero-order valence-electron chi connectivity index (χ0n) is 17.2. The smallest absolute Gasteiger partial charge is 0.150 e. The highest BCUT2D eigenvalue weighted by Crippen LogP contribution is 2.47. The van der Waals surface area contributed by atoms with Crippen molar-refractivity contribution in [3.05, 3.63) is 29.0 Å². The van der Waals surface area contributed by atoms with Crippen LogP contribution in [0.2, 0.25) is 5.02 Å². The quantitative estimate of drug-likeness (QED) is 0.538. The Bertz CT molecular complexity index is 1010. The number of aliphatic hydroxyl groups is 1. The van der Waals surface area contributed by atoms with Crippen LogP contribution in [0.1, 0.15) is 31.9 Å². The van der Waals surface area contributed by atoms with Crippen molar-refractivity contribution in [1.82, 2.24) is 9.97 Å². The average molecular weight is 464 g/mol. The number of hydrogen-bond acceptors (Lipinski definition) is 9. The standard InChI is InChI=1S/C21H26ClN5O3S/c1-11-15(30)9-21(18(11)23)3-6-27(7-4-21)13-8-14(29)20(26-12(13)10-28)31-16-2-5-25-19(24)17(16)22/h2,5,8,11,18,28-29H,3-4,6-7,9-10,23H2,1H3,(H2,24,25)/t11-,18+/m1/s1. The summed E-state index contributed by atoms with van der Waals surface area (Å²) in [6.07, 6.45) is 3.65. The first kappa shape index (κ1) is 22.1. The van der Waals surface area contributed by atoms with Crippen molar-refractivity contribution in [2.45, 2.75) is 48.8 Å². The summed E-state index contributed by atoms with van der Waals surface area (Å²) in [5.41, 5.74) is 13.1. The normalized spacial score (nSPS) is 23.0. The maximum absolute atomic E-state index is 12.2. The van der Waals surface area contributed by atoms with Crippen molar-refractivity contribution in [2.75, 3.05) is 23.7 Å². The summed E-state index contributed by atoms with van der Waals surface area (Å²) in [4.78, 5) is 23.3. The summed E-state index contributed by atoms with van der Waals surface area (Å²) >= 11 is 7.36. The zero-order chi connectivity index (χ0) is 22.3. The number of pyridine rings is 2. The Hall–Kier alpha value is -2.07. The van der Waals surface area contributed by atoms with E-state index >= 15 is 0 Å². The van der Waals surface area contributed by atoms with Gasteiger partial charge in [0.2, 0.25) is 0 Å². The highest BCUT2D eigenvalue weighted by molar-refractivity contribution is 7.99. The molecule has 0 radical (unpaired) electrons. The largest absolute Gasteiger partial charge is 0.505 e. The summed E-state index contributed by atoms with van der Waals surface area (Å²) in [6, 6.07) is 3.19. The maximum atomic E-state index is 12.2. The topological polar surface area (TPSA) is 139 Å². The number of hydrogen-bond donors (Lipinski definition) is 4. The molecule has 2 atom stereocenters. The Balaban J connectivity index is 1.56. The highest BCUT2D eigenvalue weighted by atomic mass is 35.5. The van der Waals surface area contributed by atoms with Gasteiger partial charge in [0, 0.05) is 48.6 Å². The number of aliphatic hydroxyl groups excluding tert-OH is 1. The lowest BCUT2D eigenvalue weighted by atomic mass is 9.73. The van der Waals surface area contributed by atoms with Gasteiger partial charge < -0.3 is 26.6 Å². The van der Waals surface area contributed by atoms with Crippen molar-refractivity contribution >= 4 is 40.7 Å². The second-order valence-corrected chi connectivity index (χ2v) is 9.76. The van der Waals surface area contributed by atoms with E-state index in [9.17, 15) is 15.0 Å². The first-order valence-corrected chi connectivity index (χ1v) is 11.4. The Morgan fingerprint density at radius 3 is 2.71 bits per heavy atom. The van der Waals surface area contributed by atoms with Gasteiger partial charge in [-0.05, 0) is 24.3 Å². The van der Waals surface area contributed by atoms with Crippen LogP contribution in [0.25, 0.3) is 0 Å². The average Bonchev–Trinajstić information content (AvgIpc) is 2.96. The fraction of sp³-hybridized carbons (Fsp3) is 0.476. The first-order valence-electron chi connectivity index (χ1n) is 10.2. The molecule has 0 bridgehead atoms. The summed E-state index contributed by atoms with van der Waals surface area (Å²) in [5.74, 6) is 0.333. The fourth-order valence-corrected chi connectivity index (χ4v) is 5.74. The minimum Gasteiger partial charge on any atom is -0.505 e. The molecule has 6 N–H and O–H groups in total. The molecule has 4 rings (SSSR count). The van der Waals surface area contributed by atoms with Crippen LogP contribution in [-0.4, -0.2) is 45.1 Å². The Morgan fingerprint density at radius 2 is 2.10 bits per heavy atom. The summed E-state index contributed by atoms with van der Waals surface area (Å²) in [7, 11) is 0. The second-order valence-electron chi connectivity index (χ2n) is 8.35. The van der Waals surface area contributed by atoms with Crippen molar-refractivity contribution in [3.8, 4) is 5.75 Å². The van der Waals surface area contributed by atoms with E-state index in [4.69, 9.17) is 23.1 Å². The van der Waals surface area contributed by atoms with Crippen LogP contribution in [0, 0.1) is 11.3 Å². The van der Waals surface area contributed by atoms with E-state index in [1.54, 1.807) is 12.1 Å². The molecule has 31 heavy (non-hydrogen) atoms. The van der Waals surface area contributed by atoms with Crippen LogP contribution >= 0.6 is 23.4 Å². The van der Waals surface area contributed by atoms with E-state index in [2.05, 4.69) is 14.9 Å². The van der Waals surface area contributed by atoms with Gasteiger partial charge in [0.15, 0.2) is 0 Å². The van der Waals surface area contributed by atoms with Gasteiger partial charge in [0.25, 0.3) is 0 Å². The lowest BCUT2D eigenvalue weighted by Crippen LogP contribution is -2.48. The number of nitrogens with zero attached hydrogens (tertiary/aromatic N) is 3. The van der Waals surface area contributed by atoms with E-state index in [1.807, 2.05) is 6.92 Å². The molecule has 1 spiro atoms. The number of rotatable bonds is 4. The van der Waals surface area contributed by atoms with Crippen LogP contribution < -0.4 is 16.4 Å². The maximum Gasteiger partial charge on any atom is 0.150 e. The zero-order valence-corrected chi connectivity index (χ0v) is 18.8. The number of carbonyl (C=O) groups is 1. The number of nitrogens with two attached hydrogens (primary N) is 2. The molecule has 2 aromatic rings. The van der Waals surface area contributed by atoms with Crippen molar-refractivity contribution < 1.29 is 15.0 Å². The molecular formula is C21H26ClN5O3S. The molecule has 3 heterocycles. The van der Waals surface area contributed by atoms with Gasteiger partial charge in [0.05, 0.1) is 23.0 Å². The fourth-order valence-electron chi connectivity index (χ4n) is 4.66. The van der Waals surface area contributed by atoms with E-state index in [-0.39, 0.29) is 41.3 Å². The molecule has 1 aliphatic carbocycles. The minimum absolute atomic E-state index is 0.00898. The first-order chi connectivity index (χ1) is 14.8. The highest BCUT2D eigenvalue weighted by Gasteiger charge is 2.50. The number of piperidine rings is 1. The van der Waals surface area contributed by atoms with Gasteiger partial charge in [0.1, 0.15) is 22.4 Å². The van der Waals surface area contributed by atoms with Crippen LogP contribution in [0.4, 0.5) is 11.5 Å². The summed E-state index contributed by atoms with van der Waals surface area (Å²) in [5, 5.41) is 21.2. The third-order valence-electron chi connectivity index (χ3n) is 6.64. The Labute approximate surface area is 190 Å². The number of ketones is 1. The molecule has 2 aliphatic rings. The Morgan fingerprint density at radius 1 is 1.39 bits per heavy atom. The number of aromatic hydroxyl groups is 1. The molecule has 1 aliphatic heterocycles. The molecule has 10 heteroatoms. The molecule has 8 nitrogen and oxygen atoms in total. The second kappa shape index (κ2) is 8.46. The van der Waals surface area contributed by atoms with Gasteiger partial charge in [-0.2, -0.15) is 0 Å². The number of nitrogen functional groups attached to an aromatic ring is 1. The Kier molecular flexibility index (Phi) is 6.04. The predicted molar refractivity (Wildman–Crippen MR) is 120 cm³/mol. The molecule has 2 aromatic heterocycles. The number of aromatic nitrogens is 2. The lowest BCUT2D eigenvalue weighted by Gasteiger charge is -2.43. The molecule has 166 valence electrons. The SMILES string of the molecule is C[C@@H]1C(=O)CC2(CCN(c3cc(O)c(Sc4ccnc(N)c4Cl)nc3CO)CC2)[C@H]1N. The third-order valence-corrected chi connectivity index (χ3v) is 8.20. The molecule has 0 aromatic carbocycles. The van der Waals surface area contributed by atoms with Crippen LogP contribution in [-0.2, 0) is 11.4 Å². The predicted octanol–water partition coefficient (Wildman–Crippen LogP) is 2.58. The van der Waals surface area contributed by atoms with Crippen molar-refractivity contribution in [1.29, 1.82) is 0 Å². The van der Waals surface area contributed by atoms with Gasteiger partial charge >= 0.3 is 0 Å². The molecule has 1 saturated carbocycles. The minimum atomic E-state index is -0.272. The molecule has 0 unspecified atom stereocenters. The van der Waals surface area contributed by atoms with Crippen LogP contribution in [0.15, 0.2) is 28.3 Å².